The first kappa shape index (κ1) is 16.5. The van der Waals surface area contributed by atoms with Crippen LogP contribution in [0.3, 0.4) is 0 Å². The first-order chi connectivity index (χ1) is 11.2. The van der Waals surface area contributed by atoms with Crippen molar-refractivity contribution >= 4 is 5.91 Å². The molecule has 2 heterocycles. The van der Waals surface area contributed by atoms with Crippen molar-refractivity contribution in [2.75, 3.05) is 27.4 Å². The van der Waals surface area contributed by atoms with Crippen molar-refractivity contribution in [3.8, 4) is 17.8 Å². The van der Waals surface area contributed by atoms with Gasteiger partial charge in [-0.25, -0.2) is 0 Å². The Morgan fingerprint density at radius 3 is 2.52 bits per heavy atom. The highest BCUT2D eigenvalue weighted by Gasteiger charge is 2.09. The highest BCUT2D eigenvalue weighted by Crippen LogP contribution is 2.18. The van der Waals surface area contributed by atoms with E-state index in [-0.39, 0.29) is 18.5 Å². The van der Waals surface area contributed by atoms with Crippen LogP contribution in [0.15, 0.2) is 30.5 Å². The number of nitrogens with zero attached hydrogens (tertiary/aromatic N) is 3. The minimum Gasteiger partial charge on any atom is -0.481 e. The smallest absolute Gasteiger partial charge is 0.323 e. The maximum absolute atomic E-state index is 11.7. The van der Waals surface area contributed by atoms with Crippen LogP contribution in [-0.2, 0) is 11.2 Å². The summed E-state index contributed by atoms with van der Waals surface area (Å²) < 4.78 is 15.2. The van der Waals surface area contributed by atoms with Crippen LogP contribution >= 0.6 is 0 Å². The number of methoxy groups -OCH3 is 2. The average molecular weight is 318 g/mol. The SMILES string of the molecule is COc1cc(OC)nc(OCC(=O)NCCc2ccccn2)n1. The lowest BCUT2D eigenvalue weighted by Crippen LogP contribution is -2.31. The van der Waals surface area contributed by atoms with Crippen LogP contribution < -0.4 is 19.5 Å². The quantitative estimate of drug-likeness (QED) is 0.762. The van der Waals surface area contributed by atoms with Crippen LogP contribution in [0.25, 0.3) is 0 Å². The second-order valence-electron chi connectivity index (χ2n) is 4.44. The average Bonchev–Trinajstić information content (AvgIpc) is 2.60. The molecule has 2 aromatic rings. The summed E-state index contributed by atoms with van der Waals surface area (Å²) in [5, 5.41) is 2.74. The molecule has 0 spiro atoms. The minimum atomic E-state index is -0.272. The maximum atomic E-state index is 11.7. The van der Waals surface area contributed by atoms with Crippen LogP contribution in [0, 0.1) is 0 Å². The zero-order chi connectivity index (χ0) is 16.5. The number of nitrogens with one attached hydrogen (secondary N) is 1. The van der Waals surface area contributed by atoms with E-state index in [1.54, 1.807) is 6.20 Å². The van der Waals surface area contributed by atoms with Gasteiger partial charge in [0, 0.05) is 24.9 Å². The van der Waals surface area contributed by atoms with Gasteiger partial charge in [-0.3, -0.25) is 9.78 Å². The first-order valence-electron chi connectivity index (χ1n) is 6.97. The van der Waals surface area contributed by atoms with Gasteiger partial charge in [0.15, 0.2) is 6.61 Å². The Bertz CT molecular complexity index is 614. The molecule has 2 aromatic heterocycles. The van der Waals surface area contributed by atoms with Gasteiger partial charge in [0.05, 0.1) is 20.3 Å². The molecule has 1 N–H and O–H groups in total. The van der Waals surface area contributed by atoms with E-state index in [1.807, 2.05) is 18.2 Å². The summed E-state index contributed by atoms with van der Waals surface area (Å²) in [6, 6.07) is 7.18. The summed E-state index contributed by atoms with van der Waals surface area (Å²) in [6.07, 6.45) is 2.36. The molecular formula is C15H18N4O4. The highest BCUT2D eigenvalue weighted by atomic mass is 16.5. The normalized spacial score (nSPS) is 10.0. The van der Waals surface area contributed by atoms with Crippen LogP contribution in [0.2, 0.25) is 0 Å². The van der Waals surface area contributed by atoms with Crippen molar-refractivity contribution in [1.82, 2.24) is 20.3 Å². The zero-order valence-corrected chi connectivity index (χ0v) is 13.0. The predicted octanol–water partition coefficient (Wildman–Crippen LogP) is 0.626. The number of ether oxygens (including phenoxy) is 3. The molecule has 122 valence electrons. The molecule has 0 aliphatic heterocycles. The Hall–Kier alpha value is -2.90. The summed E-state index contributed by atoms with van der Waals surface area (Å²) in [4.78, 5) is 23.9. The van der Waals surface area contributed by atoms with Gasteiger partial charge in [0.2, 0.25) is 11.8 Å². The van der Waals surface area contributed by atoms with Crippen molar-refractivity contribution in [2.24, 2.45) is 0 Å². The number of carbonyl (C=O) groups is 1. The molecule has 8 nitrogen and oxygen atoms in total. The molecular weight excluding hydrogens is 300 g/mol. The van der Waals surface area contributed by atoms with E-state index in [0.717, 1.165) is 5.69 Å². The molecule has 0 saturated heterocycles. The molecule has 0 aliphatic rings. The van der Waals surface area contributed by atoms with Crippen LogP contribution in [0.5, 0.6) is 17.8 Å². The number of aromatic nitrogens is 3. The molecule has 23 heavy (non-hydrogen) atoms. The van der Waals surface area contributed by atoms with Crippen molar-refractivity contribution in [3.63, 3.8) is 0 Å². The Morgan fingerprint density at radius 1 is 1.17 bits per heavy atom. The Kier molecular flexibility index (Phi) is 6.10. The molecule has 0 bridgehead atoms. The van der Waals surface area contributed by atoms with Crippen LogP contribution in [-0.4, -0.2) is 48.2 Å². The largest absolute Gasteiger partial charge is 0.481 e. The molecule has 0 fully saturated rings. The number of hydrogen-bond acceptors (Lipinski definition) is 7. The number of rotatable bonds is 8. The summed E-state index contributed by atoms with van der Waals surface area (Å²) >= 11 is 0. The van der Waals surface area contributed by atoms with Crippen molar-refractivity contribution < 1.29 is 19.0 Å². The van der Waals surface area contributed by atoms with E-state index in [0.29, 0.717) is 24.7 Å². The van der Waals surface area contributed by atoms with E-state index in [4.69, 9.17) is 14.2 Å². The van der Waals surface area contributed by atoms with Gasteiger partial charge in [0.25, 0.3) is 5.91 Å². The highest BCUT2D eigenvalue weighted by molar-refractivity contribution is 5.77. The summed E-state index contributed by atoms with van der Waals surface area (Å²) in [5.41, 5.74) is 0.912. The summed E-state index contributed by atoms with van der Waals surface area (Å²) in [5.74, 6) is 0.316. The van der Waals surface area contributed by atoms with Gasteiger partial charge in [-0.1, -0.05) is 6.07 Å². The number of amides is 1. The van der Waals surface area contributed by atoms with Gasteiger partial charge in [-0.05, 0) is 12.1 Å². The van der Waals surface area contributed by atoms with Crippen molar-refractivity contribution in [1.29, 1.82) is 0 Å². The molecule has 0 unspecified atom stereocenters. The van der Waals surface area contributed by atoms with Crippen LogP contribution in [0.4, 0.5) is 0 Å². The van der Waals surface area contributed by atoms with Gasteiger partial charge in [0.1, 0.15) is 0 Å². The third-order valence-corrected chi connectivity index (χ3v) is 2.84. The van der Waals surface area contributed by atoms with E-state index in [9.17, 15) is 4.79 Å². The van der Waals surface area contributed by atoms with Gasteiger partial charge >= 0.3 is 6.01 Å². The Morgan fingerprint density at radius 2 is 1.91 bits per heavy atom. The van der Waals surface area contributed by atoms with E-state index in [1.165, 1.54) is 20.3 Å². The topological polar surface area (TPSA) is 95.5 Å². The lowest BCUT2D eigenvalue weighted by Gasteiger charge is -2.08. The summed E-state index contributed by atoms with van der Waals surface area (Å²) in [6.45, 7) is 0.278. The minimum absolute atomic E-state index is 0.0149. The fourth-order valence-corrected chi connectivity index (χ4v) is 1.71. The Balaban J connectivity index is 1.78. The number of carbonyl (C=O) groups excluding carboxylic acids is 1. The first-order valence-corrected chi connectivity index (χ1v) is 6.97. The summed E-state index contributed by atoms with van der Waals surface area (Å²) in [7, 11) is 2.94. The molecule has 0 atom stereocenters. The molecule has 2 rings (SSSR count). The lowest BCUT2D eigenvalue weighted by atomic mass is 10.3. The third kappa shape index (κ3) is 5.42. The van der Waals surface area contributed by atoms with Crippen LogP contribution in [0.1, 0.15) is 5.69 Å². The molecule has 0 aromatic carbocycles. The lowest BCUT2D eigenvalue weighted by molar-refractivity contribution is -0.123. The molecule has 8 heteroatoms. The van der Waals surface area contributed by atoms with Crippen molar-refractivity contribution in [2.45, 2.75) is 6.42 Å². The maximum Gasteiger partial charge on any atom is 0.323 e. The molecule has 0 radical (unpaired) electrons. The second-order valence-corrected chi connectivity index (χ2v) is 4.44. The van der Waals surface area contributed by atoms with E-state index in [2.05, 4.69) is 20.3 Å². The van der Waals surface area contributed by atoms with E-state index < -0.39 is 0 Å². The second kappa shape index (κ2) is 8.52. The third-order valence-electron chi connectivity index (χ3n) is 2.84. The number of pyridine rings is 1. The number of hydrogen-bond donors (Lipinski definition) is 1. The Labute approximate surface area is 133 Å². The van der Waals surface area contributed by atoms with Gasteiger partial charge < -0.3 is 19.5 Å². The van der Waals surface area contributed by atoms with Gasteiger partial charge in [-0.2, -0.15) is 9.97 Å². The standard InChI is InChI=1S/C15H18N4O4/c1-21-13-9-14(22-2)19-15(18-13)23-10-12(20)17-8-6-11-5-3-4-7-16-11/h3-5,7,9H,6,8,10H2,1-2H3,(H,17,20). The molecule has 1 amide bonds. The zero-order valence-electron chi connectivity index (χ0n) is 13.0. The molecule has 0 saturated carbocycles. The fraction of sp³-hybridized carbons (Fsp3) is 0.333. The van der Waals surface area contributed by atoms with Crippen molar-refractivity contribution in [3.05, 3.63) is 36.2 Å². The monoisotopic (exact) mass is 318 g/mol. The van der Waals surface area contributed by atoms with Gasteiger partial charge in [-0.15, -0.1) is 0 Å². The fourth-order valence-electron chi connectivity index (χ4n) is 1.71. The molecule has 0 aliphatic carbocycles. The van der Waals surface area contributed by atoms with E-state index >= 15 is 0 Å². The predicted molar refractivity (Wildman–Crippen MR) is 81.6 cm³/mol.